The molecule has 0 spiro atoms. The molecule has 1 aliphatic heterocycles. The fourth-order valence-corrected chi connectivity index (χ4v) is 3.48. The first-order chi connectivity index (χ1) is 14.5. The van der Waals surface area contributed by atoms with Crippen LogP contribution in [0.25, 0.3) is 0 Å². The zero-order chi connectivity index (χ0) is 22.8. The smallest absolute Gasteiger partial charge is 0.393 e. The third kappa shape index (κ3) is 5.10. The highest BCUT2D eigenvalue weighted by molar-refractivity contribution is 5.88. The molecule has 1 fully saturated rings. The number of piperidine rings is 1. The van der Waals surface area contributed by atoms with Gasteiger partial charge in [-0.25, -0.2) is 14.2 Å². The Labute approximate surface area is 175 Å². The van der Waals surface area contributed by atoms with Gasteiger partial charge in [0.25, 0.3) is 0 Å². The lowest BCUT2D eigenvalue weighted by atomic mass is 9.87. The first kappa shape index (κ1) is 22.9. The van der Waals surface area contributed by atoms with Gasteiger partial charge in [0.1, 0.15) is 11.9 Å². The summed E-state index contributed by atoms with van der Waals surface area (Å²) in [6.45, 7) is 1.34. The van der Waals surface area contributed by atoms with E-state index >= 15 is 4.39 Å². The highest BCUT2D eigenvalue weighted by atomic mass is 19.4. The fourth-order valence-electron chi connectivity index (χ4n) is 3.48. The number of aliphatic hydroxyl groups excluding tert-OH is 2. The van der Waals surface area contributed by atoms with Gasteiger partial charge in [0, 0.05) is 43.9 Å². The van der Waals surface area contributed by atoms with Crippen molar-refractivity contribution >= 4 is 11.8 Å². The number of nitrogens with zero attached hydrogens (tertiary/aromatic N) is 3. The van der Waals surface area contributed by atoms with Gasteiger partial charge in [0.2, 0.25) is 0 Å². The maximum Gasteiger partial charge on any atom is 0.417 e. The number of hydrogen-bond acceptors (Lipinski definition) is 5. The topological polar surface area (TPSA) is 98.6 Å². The first-order valence-electron chi connectivity index (χ1n) is 9.57. The highest BCUT2D eigenvalue weighted by Crippen LogP contribution is 2.38. The van der Waals surface area contributed by atoms with E-state index in [9.17, 15) is 23.1 Å². The average Bonchev–Trinajstić information content (AvgIpc) is 2.73. The Morgan fingerprint density at radius 1 is 1.26 bits per heavy atom. The van der Waals surface area contributed by atoms with E-state index in [2.05, 4.69) is 15.3 Å². The van der Waals surface area contributed by atoms with Crippen LogP contribution in [0.2, 0.25) is 0 Å². The van der Waals surface area contributed by atoms with Crippen molar-refractivity contribution in [2.45, 2.75) is 37.7 Å². The van der Waals surface area contributed by atoms with Gasteiger partial charge in [0.15, 0.2) is 5.67 Å². The normalized spacial score (nSPS) is 17.3. The zero-order valence-corrected chi connectivity index (χ0v) is 16.7. The Kier molecular flexibility index (Phi) is 6.46. The molecule has 7 nitrogen and oxygen atoms in total. The van der Waals surface area contributed by atoms with Crippen molar-refractivity contribution in [2.24, 2.45) is 0 Å². The van der Waals surface area contributed by atoms with Crippen LogP contribution >= 0.6 is 0 Å². The predicted octanol–water partition coefficient (Wildman–Crippen LogP) is 3.32. The molecule has 0 aromatic carbocycles. The van der Waals surface area contributed by atoms with Gasteiger partial charge in [-0.1, -0.05) is 0 Å². The molecular weight excluding hydrogens is 420 g/mol. The summed E-state index contributed by atoms with van der Waals surface area (Å²) in [5.74, 6) is -0.0365. The van der Waals surface area contributed by atoms with E-state index in [-0.39, 0.29) is 37.4 Å². The minimum Gasteiger partial charge on any atom is -0.393 e. The molecule has 2 amide bonds. The van der Waals surface area contributed by atoms with Crippen LogP contribution in [-0.4, -0.2) is 50.8 Å². The van der Waals surface area contributed by atoms with E-state index in [1.54, 1.807) is 13.0 Å². The number of nitrogens with one attached hydrogen (secondary N) is 1. The van der Waals surface area contributed by atoms with Crippen LogP contribution in [0.3, 0.4) is 0 Å². The van der Waals surface area contributed by atoms with Crippen LogP contribution in [0.4, 0.5) is 28.2 Å². The van der Waals surface area contributed by atoms with Crippen molar-refractivity contribution in [3.05, 3.63) is 53.0 Å². The third-order valence-corrected chi connectivity index (χ3v) is 5.25. The van der Waals surface area contributed by atoms with Crippen molar-refractivity contribution in [2.75, 3.05) is 25.0 Å². The van der Waals surface area contributed by atoms with Crippen molar-refractivity contribution in [3.63, 3.8) is 0 Å². The van der Waals surface area contributed by atoms with Crippen molar-refractivity contribution in [3.8, 4) is 0 Å². The van der Waals surface area contributed by atoms with Crippen LogP contribution in [0, 0.1) is 6.92 Å². The summed E-state index contributed by atoms with van der Waals surface area (Å²) in [5.41, 5.74) is -1.57. The maximum absolute atomic E-state index is 15.5. The zero-order valence-electron chi connectivity index (χ0n) is 16.7. The summed E-state index contributed by atoms with van der Waals surface area (Å²) in [7, 11) is 0. The number of pyridine rings is 2. The molecule has 1 aliphatic rings. The van der Waals surface area contributed by atoms with Crippen molar-refractivity contribution in [1.82, 2.24) is 14.9 Å². The molecule has 0 saturated carbocycles. The summed E-state index contributed by atoms with van der Waals surface area (Å²) in [6, 6.07) is 2.86. The van der Waals surface area contributed by atoms with E-state index in [4.69, 9.17) is 5.11 Å². The number of aromatic nitrogens is 2. The number of anilines is 1. The molecule has 2 aromatic rings. The molecule has 0 unspecified atom stereocenters. The van der Waals surface area contributed by atoms with E-state index < -0.39 is 36.2 Å². The van der Waals surface area contributed by atoms with Gasteiger partial charge in [0.05, 0.1) is 17.9 Å². The van der Waals surface area contributed by atoms with Crippen molar-refractivity contribution < 1.29 is 32.6 Å². The van der Waals surface area contributed by atoms with Gasteiger partial charge in [-0.3, -0.25) is 10.3 Å². The molecule has 1 saturated heterocycles. The second kappa shape index (κ2) is 8.75. The monoisotopic (exact) mass is 442 g/mol. The Bertz CT molecular complexity index is 929. The molecule has 0 bridgehead atoms. The lowest BCUT2D eigenvalue weighted by Gasteiger charge is -2.36. The van der Waals surface area contributed by atoms with Gasteiger partial charge in [-0.05, 0) is 30.7 Å². The predicted molar refractivity (Wildman–Crippen MR) is 103 cm³/mol. The largest absolute Gasteiger partial charge is 0.417 e. The third-order valence-electron chi connectivity index (χ3n) is 5.25. The van der Waals surface area contributed by atoms with Crippen molar-refractivity contribution in [1.29, 1.82) is 0 Å². The Morgan fingerprint density at radius 3 is 2.45 bits per heavy atom. The number of urea groups is 1. The fraction of sp³-hybridized carbons (Fsp3) is 0.450. The van der Waals surface area contributed by atoms with E-state index in [1.165, 1.54) is 11.1 Å². The molecule has 0 aliphatic carbocycles. The Balaban J connectivity index is 1.62. The molecular formula is C20H22F4N4O3. The summed E-state index contributed by atoms with van der Waals surface area (Å²) < 4.78 is 53.3. The highest BCUT2D eigenvalue weighted by Gasteiger charge is 2.40. The second-order valence-corrected chi connectivity index (χ2v) is 7.44. The molecule has 3 rings (SSSR count). The lowest BCUT2D eigenvalue weighted by Crippen LogP contribution is -2.45. The number of halogens is 4. The van der Waals surface area contributed by atoms with E-state index in [0.717, 1.165) is 12.1 Å². The molecule has 3 N–H and O–H groups in total. The number of alkyl halides is 4. The number of aliphatic hydroxyl groups is 2. The average molecular weight is 442 g/mol. The SMILES string of the molecule is Cc1cc([C@H](O)CO)cnc1C1(F)CCN(C(=O)Nc2ccc(C(F)(F)F)cn2)CC1. The standard InChI is InChI=1S/C20H22F4N4O3/c1-12-8-13(15(30)11-29)9-26-17(12)19(21)4-6-28(7-5-19)18(31)27-16-3-2-14(10-25-16)20(22,23)24/h2-3,8-10,15,29-30H,4-7,11H2,1H3,(H,25,27,31)/t15-/m1/s1. The number of rotatable bonds is 4. The van der Waals surface area contributed by atoms with E-state index in [0.29, 0.717) is 17.3 Å². The number of likely N-dealkylation sites (tertiary alicyclic amines) is 1. The summed E-state index contributed by atoms with van der Waals surface area (Å²) in [6.07, 6.45) is -3.70. The molecule has 11 heteroatoms. The first-order valence-corrected chi connectivity index (χ1v) is 9.57. The number of carbonyl (C=O) groups excluding carboxylic acids is 1. The molecule has 31 heavy (non-hydrogen) atoms. The molecule has 0 radical (unpaired) electrons. The van der Waals surface area contributed by atoms with Crippen LogP contribution in [0.5, 0.6) is 0 Å². The van der Waals surface area contributed by atoms with Crippen LogP contribution < -0.4 is 5.32 Å². The number of carbonyl (C=O) groups is 1. The molecule has 3 heterocycles. The Hall–Kier alpha value is -2.79. The maximum atomic E-state index is 15.5. The van der Waals surface area contributed by atoms with E-state index in [1.807, 2.05) is 0 Å². The lowest BCUT2D eigenvalue weighted by molar-refractivity contribution is -0.137. The van der Waals surface area contributed by atoms with Gasteiger partial charge < -0.3 is 15.1 Å². The van der Waals surface area contributed by atoms with Gasteiger partial charge in [-0.2, -0.15) is 13.2 Å². The number of aryl methyl sites for hydroxylation is 1. The molecule has 168 valence electrons. The summed E-state index contributed by atoms with van der Waals surface area (Å²) >= 11 is 0. The second-order valence-electron chi connectivity index (χ2n) is 7.44. The van der Waals surface area contributed by atoms with Gasteiger partial charge >= 0.3 is 12.2 Å². The van der Waals surface area contributed by atoms with Crippen LogP contribution in [0.15, 0.2) is 30.6 Å². The summed E-state index contributed by atoms with van der Waals surface area (Å²) in [5, 5.41) is 21.1. The minimum absolute atomic E-state index is 0.0173. The van der Waals surface area contributed by atoms with Crippen LogP contribution in [0.1, 0.15) is 41.3 Å². The quantitative estimate of drug-likeness (QED) is 0.631. The number of hydrogen-bond donors (Lipinski definition) is 3. The Morgan fingerprint density at radius 2 is 1.94 bits per heavy atom. The molecule has 2 aromatic heterocycles. The van der Waals surface area contributed by atoms with Crippen LogP contribution in [-0.2, 0) is 11.8 Å². The molecule has 1 atom stereocenters. The van der Waals surface area contributed by atoms with Gasteiger partial charge in [-0.15, -0.1) is 0 Å². The number of amides is 2. The summed E-state index contributed by atoms with van der Waals surface area (Å²) in [4.78, 5) is 21.5. The minimum atomic E-state index is -4.52.